The summed E-state index contributed by atoms with van der Waals surface area (Å²) in [5.74, 6) is 0.649. The number of ketones is 1. The normalized spacial score (nSPS) is 12.4. The molecule has 0 saturated heterocycles. The Morgan fingerprint density at radius 2 is 2.43 bits per heavy atom. The van der Waals surface area contributed by atoms with Gasteiger partial charge in [0.15, 0.2) is 0 Å². The van der Waals surface area contributed by atoms with Crippen molar-refractivity contribution in [3.8, 4) is 0 Å². The number of hydrogen-bond acceptors (Lipinski definition) is 5. The van der Waals surface area contributed by atoms with Gasteiger partial charge in [0.25, 0.3) is 0 Å². The van der Waals surface area contributed by atoms with Gasteiger partial charge in [0.1, 0.15) is 10.8 Å². The van der Waals surface area contributed by atoms with E-state index in [2.05, 4.69) is 4.98 Å². The van der Waals surface area contributed by atoms with E-state index in [-0.39, 0.29) is 11.8 Å². The van der Waals surface area contributed by atoms with Crippen molar-refractivity contribution in [3.63, 3.8) is 0 Å². The molecule has 1 aromatic heterocycles. The second kappa shape index (κ2) is 6.06. The summed E-state index contributed by atoms with van der Waals surface area (Å²) in [5, 5.41) is 0.938. The first-order valence-electron chi connectivity index (χ1n) is 4.16. The number of nitrogens with zero attached hydrogens (tertiary/aromatic N) is 1. The second-order valence-corrected chi connectivity index (χ2v) is 5.11. The van der Waals surface area contributed by atoms with Crippen molar-refractivity contribution in [1.29, 1.82) is 0 Å². The molecule has 1 heterocycles. The van der Waals surface area contributed by atoms with E-state index in [1.807, 2.05) is 18.2 Å². The molecule has 1 rings (SSSR count). The maximum Gasteiger partial charge on any atom is 0.147 e. The van der Waals surface area contributed by atoms with Crippen LogP contribution in [0.4, 0.5) is 0 Å². The van der Waals surface area contributed by atoms with Crippen LogP contribution in [-0.2, 0) is 4.79 Å². The van der Waals surface area contributed by atoms with Crippen LogP contribution in [-0.4, -0.2) is 22.6 Å². The van der Waals surface area contributed by atoms with Crippen LogP contribution in [0.25, 0.3) is 0 Å². The van der Waals surface area contributed by atoms with E-state index in [0.29, 0.717) is 5.75 Å². The van der Waals surface area contributed by atoms with Crippen LogP contribution in [0.2, 0.25) is 0 Å². The minimum absolute atomic E-state index is 0.0270. The topological polar surface area (TPSA) is 56.0 Å². The summed E-state index contributed by atoms with van der Waals surface area (Å²) < 4.78 is 0. The molecule has 1 unspecified atom stereocenters. The predicted molar refractivity (Wildman–Crippen MR) is 61.2 cm³/mol. The SMILES string of the molecule is CC(=O)C(N)CSSc1ccccn1. The zero-order valence-corrected chi connectivity index (χ0v) is 9.48. The Balaban J connectivity index is 2.26. The summed E-state index contributed by atoms with van der Waals surface area (Å²) in [6, 6.07) is 5.37. The standard InChI is InChI=1S/C9H12N2OS2/c1-7(12)8(10)6-13-14-9-4-2-3-5-11-9/h2-5,8H,6,10H2,1H3. The van der Waals surface area contributed by atoms with Gasteiger partial charge in [-0.15, -0.1) is 0 Å². The van der Waals surface area contributed by atoms with Gasteiger partial charge in [-0.2, -0.15) is 0 Å². The molecule has 1 aromatic rings. The number of nitrogens with two attached hydrogens (primary N) is 1. The van der Waals surface area contributed by atoms with Crippen molar-refractivity contribution in [3.05, 3.63) is 24.4 Å². The van der Waals surface area contributed by atoms with Crippen molar-refractivity contribution < 1.29 is 4.79 Å². The first-order chi connectivity index (χ1) is 6.70. The third-order valence-electron chi connectivity index (χ3n) is 1.55. The van der Waals surface area contributed by atoms with Crippen molar-refractivity contribution >= 4 is 27.4 Å². The number of pyridine rings is 1. The van der Waals surface area contributed by atoms with Gasteiger partial charge >= 0.3 is 0 Å². The Hall–Kier alpha value is -0.520. The van der Waals surface area contributed by atoms with Crippen LogP contribution >= 0.6 is 21.6 Å². The lowest BCUT2D eigenvalue weighted by Crippen LogP contribution is -2.30. The molecule has 2 N–H and O–H groups in total. The molecule has 14 heavy (non-hydrogen) atoms. The summed E-state index contributed by atoms with van der Waals surface area (Å²) in [6.07, 6.45) is 1.74. The van der Waals surface area contributed by atoms with E-state index >= 15 is 0 Å². The Morgan fingerprint density at radius 3 is 3.00 bits per heavy atom. The van der Waals surface area contributed by atoms with Crippen molar-refractivity contribution in [1.82, 2.24) is 4.98 Å². The molecule has 0 bridgehead atoms. The highest BCUT2D eigenvalue weighted by Crippen LogP contribution is 2.29. The summed E-state index contributed by atoms with van der Waals surface area (Å²) >= 11 is 0. The van der Waals surface area contributed by atoms with E-state index in [0.717, 1.165) is 5.03 Å². The lowest BCUT2D eigenvalue weighted by molar-refractivity contribution is -0.117. The van der Waals surface area contributed by atoms with Crippen LogP contribution in [0.15, 0.2) is 29.4 Å². The van der Waals surface area contributed by atoms with E-state index in [1.54, 1.807) is 17.0 Å². The molecule has 0 spiro atoms. The maximum atomic E-state index is 10.8. The summed E-state index contributed by atoms with van der Waals surface area (Å²) in [7, 11) is 3.09. The molecule has 0 aliphatic rings. The van der Waals surface area contributed by atoms with Crippen LogP contribution in [0.5, 0.6) is 0 Å². The van der Waals surface area contributed by atoms with Gasteiger partial charge < -0.3 is 5.73 Å². The highest BCUT2D eigenvalue weighted by Gasteiger charge is 2.08. The van der Waals surface area contributed by atoms with Crippen LogP contribution in [0.1, 0.15) is 6.92 Å². The van der Waals surface area contributed by atoms with Gasteiger partial charge in [-0.3, -0.25) is 4.79 Å². The number of rotatable bonds is 5. The number of Topliss-reactive ketones (excluding diaryl/α,β-unsaturated/α-hetero) is 1. The molecular weight excluding hydrogens is 216 g/mol. The Bertz CT molecular complexity index is 292. The monoisotopic (exact) mass is 228 g/mol. The number of carbonyl (C=O) groups is 1. The van der Waals surface area contributed by atoms with Gasteiger partial charge in [0, 0.05) is 11.9 Å². The number of aromatic nitrogens is 1. The Labute approximate surface area is 91.3 Å². The van der Waals surface area contributed by atoms with Gasteiger partial charge in [-0.1, -0.05) is 16.9 Å². The van der Waals surface area contributed by atoms with E-state index in [1.165, 1.54) is 17.7 Å². The maximum absolute atomic E-state index is 10.8. The Morgan fingerprint density at radius 1 is 1.64 bits per heavy atom. The number of hydrogen-bond donors (Lipinski definition) is 1. The highest BCUT2D eigenvalue weighted by atomic mass is 33.1. The van der Waals surface area contributed by atoms with Crippen LogP contribution in [0.3, 0.4) is 0 Å². The molecule has 0 saturated carbocycles. The minimum Gasteiger partial charge on any atom is -0.321 e. The van der Waals surface area contributed by atoms with Crippen molar-refractivity contribution in [2.24, 2.45) is 5.73 Å². The van der Waals surface area contributed by atoms with E-state index in [4.69, 9.17) is 5.73 Å². The Kier molecular flexibility index (Phi) is 5.00. The van der Waals surface area contributed by atoms with Crippen molar-refractivity contribution in [2.45, 2.75) is 18.0 Å². The lowest BCUT2D eigenvalue weighted by atomic mass is 10.3. The lowest BCUT2D eigenvalue weighted by Gasteiger charge is -2.05. The first-order valence-corrected chi connectivity index (χ1v) is 6.48. The highest BCUT2D eigenvalue weighted by molar-refractivity contribution is 8.76. The van der Waals surface area contributed by atoms with Crippen LogP contribution < -0.4 is 5.73 Å². The zero-order chi connectivity index (χ0) is 10.4. The van der Waals surface area contributed by atoms with Gasteiger partial charge in [-0.05, 0) is 29.9 Å². The van der Waals surface area contributed by atoms with Gasteiger partial charge in [-0.25, -0.2) is 4.98 Å². The fraction of sp³-hybridized carbons (Fsp3) is 0.333. The van der Waals surface area contributed by atoms with Crippen LogP contribution in [0, 0.1) is 0 Å². The zero-order valence-electron chi connectivity index (χ0n) is 7.84. The fourth-order valence-electron chi connectivity index (χ4n) is 0.681. The average molecular weight is 228 g/mol. The third kappa shape index (κ3) is 4.13. The summed E-state index contributed by atoms with van der Waals surface area (Å²) in [6.45, 7) is 1.51. The van der Waals surface area contributed by atoms with Gasteiger partial charge in [0.05, 0.1) is 6.04 Å². The molecule has 0 radical (unpaired) electrons. The fourth-order valence-corrected chi connectivity index (χ4v) is 2.79. The van der Waals surface area contributed by atoms with Crippen molar-refractivity contribution in [2.75, 3.05) is 5.75 Å². The smallest absolute Gasteiger partial charge is 0.147 e. The molecular formula is C9H12N2OS2. The molecule has 0 aromatic carbocycles. The summed E-state index contributed by atoms with van der Waals surface area (Å²) in [5.41, 5.74) is 5.58. The van der Waals surface area contributed by atoms with Gasteiger partial charge in [0.2, 0.25) is 0 Å². The quantitative estimate of drug-likeness (QED) is 0.778. The molecule has 5 heteroatoms. The molecule has 3 nitrogen and oxygen atoms in total. The minimum atomic E-state index is -0.365. The predicted octanol–water partition coefficient (Wildman–Crippen LogP) is 1.74. The molecule has 0 aliphatic heterocycles. The molecule has 0 fully saturated rings. The molecule has 76 valence electrons. The summed E-state index contributed by atoms with van der Waals surface area (Å²) in [4.78, 5) is 15.0. The first kappa shape index (κ1) is 11.6. The largest absolute Gasteiger partial charge is 0.321 e. The molecule has 1 atom stereocenters. The molecule has 0 aliphatic carbocycles. The second-order valence-electron chi connectivity index (χ2n) is 2.75. The average Bonchev–Trinajstić information content (AvgIpc) is 2.19. The third-order valence-corrected chi connectivity index (χ3v) is 3.85. The number of carbonyl (C=O) groups excluding carboxylic acids is 1. The van der Waals surface area contributed by atoms with E-state index < -0.39 is 0 Å². The molecule has 0 amide bonds. The van der Waals surface area contributed by atoms with E-state index in [9.17, 15) is 4.79 Å².